The Kier molecular flexibility index (Phi) is 8.05. The number of ether oxygens (including phenoxy) is 3. The van der Waals surface area contributed by atoms with Crippen molar-refractivity contribution in [2.24, 2.45) is 0 Å². The van der Waals surface area contributed by atoms with E-state index in [-0.39, 0.29) is 40.6 Å². The molecule has 1 fully saturated rings. The Morgan fingerprint density at radius 2 is 1.87 bits per heavy atom. The number of rotatable bonds is 7. The summed E-state index contributed by atoms with van der Waals surface area (Å²) in [4.78, 5) is 26.3. The molecule has 1 aliphatic heterocycles. The number of benzene rings is 2. The van der Waals surface area contributed by atoms with E-state index in [9.17, 15) is 14.9 Å². The van der Waals surface area contributed by atoms with Gasteiger partial charge in [-0.05, 0) is 51.5 Å². The maximum atomic E-state index is 15.5. The molecule has 0 unspecified atom stereocenters. The zero-order valence-electron chi connectivity index (χ0n) is 22.6. The molecule has 1 aliphatic rings. The first-order valence-electron chi connectivity index (χ1n) is 12.5. The molecule has 39 heavy (non-hydrogen) atoms. The Labute approximate surface area is 225 Å². The van der Waals surface area contributed by atoms with Gasteiger partial charge in [-0.25, -0.2) is 9.18 Å². The molecule has 4 rings (SSSR count). The number of aromatic nitrogens is 2. The van der Waals surface area contributed by atoms with Gasteiger partial charge >= 0.3 is 11.8 Å². The largest absolute Gasteiger partial charge is 0.497 e. The Morgan fingerprint density at radius 1 is 1.21 bits per heavy atom. The maximum absolute atomic E-state index is 15.5. The topological polar surface area (TPSA) is 121 Å². The molecule has 12 heteroatoms. The fourth-order valence-electron chi connectivity index (χ4n) is 4.40. The lowest BCUT2D eigenvalue weighted by molar-refractivity contribution is -0.384. The summed E-state index contributed by atoms with van der Waals surface area (Å²) >= 11 is 0. The van der Waals surface area contributed by atoms with Crippen molar-refractivity contribution in [2.45, 2.75) is 39.8 Å². The van der Waals surface area contributed by atoms with Crippen LogP contribution in [0.3, 0.4) is 0 Å². The van der Waals surface area contributed by atoms with Crippen molar-refractivity contribution in [1.29, 1.82) is 0 Å². The van der Waals surface area contributed by atoms with Crippen molar-refractivity contribution < 1.29 is 28.3 Å². The van der Waals surface area contributed by atoms with E-state index in [1.54, 1.807) is 46.9 Å². The number of nitrogens with one attached hydrogen (secondary N) is 1. The molecule has 0 spiro atoms. The molecule has 1 amide bonds. The van der Waals surface area contributed by atoms with Crippen LogP contribution in [0.2, 0.25) is 0 Å². The van der Waals surface area contributed by atoms with Gasteiger partial charge in [-0.15, -0.1) is 0 Å². The number of nitrogens with zero attached hydrogens (tertiary/aromatic N) is 4. The average molecular weight is 542 g/mol. The fourth-order valence-corrected chi connectivity index (χ4v) is 4.40. The highest BCUT2D eigenvalue weighted by Crippen LogP contribution is 2.41. The third-order valence-corrected chi connectivity index (χ3v) is 6.10. The van der Waals surface area contributed by atoms with Gasteiger partial charge in [-0.3, -0.25) is 20.1 Å². The van der Waals surface area contributed by atoms with Crippen LogP contribution in [0.4, 0.5) is 26.2 Å². The molecular weight excluding hydrogens is 509 g/mol. The van der Waals surface area contributed by atoms with Gasteiger partial charge in [0.15, 0.2) is 0 Å². The monoisotopic (exact) mass is 541 g/mol. The van der Waals surface area contributed by atoms with E-state index in [1.807, 2.05) is 17.0 Å². The number of hydrogen-bond donors (Lipinski definition) is 1. The lowest BCUT2D eigenvalue weighted by Gasteiger charge is -2.30. The van der Waals surface area contributed by atoms with Crippen molar-refractivity contribution in [3.8, 4) is 17.0 Å². The summed E-state index contributed by atoms with van der Waals surface area (Å²) in [5.41, 5.74) is 0.587. The number of morpholine rings is 1. The minimum absolute atomic E-state index is 0.0257. The summed E-state index contributed by atoms with van der Waals surface area (Å²) in [5, 5.41) is 19.3. The molecule has 1 aromatic heterocycles. The van der Waals surface area contributed by atoms with Gasteiger partial charge in [0.1, 0.15) is 28.6 Å². The Balaban J connectivity index is 1.88. The molecule has 1 N–H and O–H groups in total. The molecular formula is C27H32FN5O6. The third-order valence-electron chi connectivity index (χ3n) is 6.10. The minimum atomic E-state index is -0.817. The maximum Gasteiger partial charge on any atom is 0.412 e. The lowest BCUT2D eigenvalue weighted by atomic mass is 10.0. The molecule has 1 saturated heterocycles. The van der Waals surface area contributed by atoms with Gasteiger partial charge in [0.25, 0.3) is 0 Å². The van der Waals surface area contributed by atoms with Gasteiger partial charge in [0.2, 0.25) is 0 Å². The van der Waals surface area contributed by atoms with E-state index >= 15 is 4.39 Å². The van der Waals surface area contributed by atoms with Gasteiger partial charge in [-0.2, -0.15) is 5.10 Å². The second kappa shape index (κ2) is 11.3. The molecule has 0 radical (unpaired) electrons. The normalized spacial score (nSPS) is 13.7. The first kappa shape index (κ1) is 27.8. The van der Waals surface area contributed by atoms with Crippen LogP contribution >= 0.6 is 0 Å². The number of halogens is 1. The number of anilines is 2. The summed E-state index contributed by atoms with van der Waals surface area (Å²) in [7, 11) is 1.56. The number of hydrogen-bond acceptors (Lipinski definition) is 8. The summed E-state index contributed by atoms with van der Waals surface area (Å²) in [6.45, 7) is 8.56. The van der Waals surface area contributed by atoms with E-state index in [4.69, 9.17) is 14.2 Å². The Hall–Kier alpha value is -4.19. The Bertz CT molecular complexity index is 1360. The quantitative estimate of drug-likeness (QED) is 0.322. The van der Waals surface area contributed by atoms with E-state index in [2.05, 4.69) is 10.4 Å². The smallest absolute Gasteiger partial charge is 0.412 e. The molecule has 0 atom stereocenters. The van der Waals surface area contributed by atoms with Gasteiger partial charge in [0, 0.05) is 24.7 Å². The molecule has 2 heterocycles. The predicted octanol–water partition coefficient (Wildman–Crippen LogP) is 5.15. The summed E-state index contributed by atoms with van der Waals surface area (Å²) in [6, 6.07) is 9.90. The third kappa shape index (κ3) is 6.45. The second-order valence-corrected chi connectivity index (χ2v) is 10.1. The van der Waals surface area contributed by atoms with Gasteiger partial charge < -0.3 is 19.1 Å². The van der Waals surface area contributed by atoms with Crippen molar-refractivity contribution in [1.82, 2.24) is 9.78 Å². The summed E-state index contributed by atoms with van der Waals surface area (Å²) in [6.07, 6.45) is -0.817. The van der Waals surface area contributed by atoms with Crippen molar-refractivity contribution in [3.05, 3.63) is 63.6 Å². The highest BCUT2D eigenvalue weighted by Gasteiger charge is 2.31. The Morgan fingerprint density at radius 3 is 2.46 bits per heavy atom. The average Bonchev–Trinajstić information content (AvgIpc) is 3.19. The fraction of sp³-hybridized carbons (Fsp3) is 0.407. The van der Waals surface area contributed by atoms with Crippen LogP contribution in [0.15, 0.2) is 36.4 Å². The molecule has 2 aromatic carbocycles. The minimum Gasteiger partial charge on any atom is -0.497 e. The summed E-state index contributed by atoms with van der Waals surface area (Å²) < 4.78 is 33.0. The second-order valence-electron chi connectivity index (χ2n) is 10.1. The molecule has 0 saturated carbocycles. The zero-order chi connectivity index (χ0) is 28.3. The van der Waals surface area contributed by atoms with E-state index in [1.165, 1.54) is 10.7 Å². The van der Waals surface area contributed by atoms with Crippen LogP contribution in [0.1, 0.15) is 32.0 Å². The van der Waals surface area contributed by atoms with Crippen LogP contribution in [0.25, 0.3) is 11.3 Å². The van der Waals surface area contributed by atoms with Crippen molar-refractivity contribution in [2.75, 3.05) is 43.6 Å². The van der Waals surface area contributed by atoms with Crippen LogP contribution in [-0.2, 0) is 16.0 Å². The van der Waals surface area contributed by atoms with Gasteiger partial charge in [0.05, 0.1) is 43.2 Å². The van der Waals surface area contributed by atoms with Crippen LogP contribution < -0.4 is 15.0 Å². The van der Waals surface area contributed by atoms with E-state index in [0.29, 0.717) is 32.1 Å². The van der Waals surface area contributed by atoms with Crippen molar-refractivity contribution in [3.63, 3.8) is 0 Å². The molecule has 11 nitrogen and oxygen atoms in total. The first-order chi connectivity index (χ1) is 18.5. The lowest BCUT2D eigenvalue weighted by Crippen LogP contribution is -2.36. The van der Waals surface area contributed by atoms with Gasteiger partial charge in [-0.1, -0.05) is 12.1 Å². The molecule has 0 bridgehead atoms. The molecule has 0 aliphatic carbocycles. The molecule has 3 aromatic rings. The van der Waals surface area contributed by atoms with Crippen LogP contribution in [-0.4, -0.2) is 59.8 Å². The highest BCUT2D eigenvalue weighted by atomic mass is 19.1. The van der Waals surface area contributed by atoms with E-state index in [0.717, 1.165) is 11.6 Å². The number of carbonyl (C=O) groups is 1. The van der Waals surface area contributed by atoms with Crippen LogP contribution in [0.5, 0.6) is 5.75 Å². The van der Waals surface area contributed by atoms with E-state index < -0.39 is 22.4 Å². The first-order valence-corrected chi connectivity index (χ1v) is 12.5. The zero-order valence-corrected chi connectivity index (χ0v) is 22.6. The number of nitro groups is 1. The summed E-state index contributed by atoms with van der Waals surface area (Å²) in [5.74, 6) is 0.0754. The molecule has 208 valence electrons. The SMILES string of the molecule is COc1ccc(Cn2nc(C)c([N+](=O)[O-])c2-c2cc(N3CCOCC3)c(F)cc2NC(=O)OC(C)(C)C)cc1. The number of carbonyl (C=O) groups excluding carboxylic acids is 1. The highest BCUT2D eigenvalue weighted by molar-refractivity contribution is 5.94. The number of methoxy groups -OCH3 is 1. The van der Waals surface area contributed by atoms with Crippen molar-refractivity contribution >= 4 is 23.2 Å². The number of amides is 1. The van der Waals surface area contributed by atoms with Crippen LogP contribution in [0, 0.1) is 22.9 Å². The standard InChI is InChI=1S/C27H32FN5O6/c1-17-24(33(35)36)25(32(30-17)16-18-6-8-19(37-5)9-7-18)20-14-23(31-10-12-38-13-11-31)21(28)15-22(20)29-26(34)39-27(2,3)4/h6-9,14-15H,10-13,16H2,1-5H3,(H,29,34). The predicted molar refractivity (Wildman–Crippen MR) is 144 cm³/mol. The number of aryl methyl sites for hydroxylation is 1.